The van der Waals surface area contributed by atoms with Gasteiger partial charge in [-0.05, 0) is 23.6 Å². The molecule has 0 fully saturated rings. The van der Waals surface area contributed by atoms with Crippen LogP contribution in [0.1, 0.15) is 18.0 Å². The molecule has 1 N–H and O–H groups in total. The first-order chi connectivity index (χ1) is 12.7. The molecule has 1 aliphatic heterocycles. The Morgan fingerprint density at radius 1 is 1.12 bits per heavy atom. The van der Waals surface area contributed by atoms with Crippen LogP contribution in [0.25, 0.3) is 10.8 Å². The third-order valence-corrected chi connectivity index (χ3v) is 5.84. The number of ether oxygens (including phenoxy) is 1. The second-order valence-corrected chi connectivity index (χ2v) is 7.60. The quantitative estimate of drug-likeness (QED) is 0.627. The molecular weight excluding hydrogens is 366 g/mol. The highest BCUT2D eigenvalue weighted by Crippen LogP contribution is 2.34. The van der Waals surface area contributed by atoms with Crippen molar-refractivity contribution in [1.82, 2.24) is 5.32 Å². The average molecular weight is 384 g/mol. The third kappa shape index (κ3) is 3.53. The van der Waals surface area contributed by atoms with Crippen LogP contribution in [0.4, 0.5) is 0 Å². The van der Waals surface area contributed by atoms with Gasteiger partial charge in [0, 0.05) is 27.3 Å². The van der Waals surface area contributed by atoms with Gasteiger partial charge in [-0.2, -0.15) is 0 Å². The zero-order chi connectivity index (χ0) is 17.9. The highest BCUT2D eigenvalue weighted by molar-refractivity contribution is 8.00. The number of carbonyl (C=O) groups is 1. The number of carbonyl (C=O) groups excluding carboxylic acids is 1. The van der Waals surface area contributed by atoms with Crippen LogP contribution in [-0.2, 0) is 4.79 Å². The molecule has 26 heavy (non-hydrogen) atoms. The molecule has 0 unspecified atom stereocenters. The first-order valence-corrected chi connectivity index (χ1v) is 9.90. The molecule has 132 valence electrons. The van der Waals surface area contributed by atoms with E-state index in [4.69, 9.17) is 16.3 Å². The van der Waals surface area contributed by atoms with Crippen molar-refractivity contribution in [3.05, 3.63) is 71.2 Å². The Morgan fingerprint density at radius 3 is 2.81 bits per heavy atom. The monoisotopic (exact) mass is 383 g/mol. The largest absolute Gasteiger partial charge is 0.493 e. The van der Waals surface area contributed by atoms with Gasteiger partial charge in [0.2, 0.25) is 5.91 Å². The maximum Gasteiger partial charge on any atom is 0.230 e. The number of amides is 1. The first kappa shape index (κ1) is 17.3. The number of benzene rings is 3. The van der Waals surface area contributed by atoms with Gasteiger partial charge >= 0.3 is 0 Å². The summed E-state index contributed by atoms with van der Waals surface area (Å²) < 4.78 is 5.65. The van der Waals surface area contributed by atoms with E-state index >= 15 is 0 Å². The maximum atomic E-state index is 12.5. The number of halogens is 1. The summed E-state index contributed by atoms with van der Waals surface area (Å²) in [4.78, 5) is 13.5. The highest BCUT2D eigenvalue weighted by atomic mass is 35.5. The predicted octanol–water partition coefficient (Wildman–Crippen LogP) is 5.23. The van der Waals surface area contributed by atoms with E-state index in [0.29, 0.717) is 17.4 Å². The molecule has 1 amide bonds. The lowest BCUT2D eigenvalue weighted by molar-refractivity contribution is -0.119. The fourth-order valence-corrected chi connectivity index (χ4v) is 4.51. The standard InChI is InChI=1S/C21H18ClNO2S/c22-16-8-3-5-14-6-4-10-19(21(14)16)26-13-20(24)23-17-11-12-25-18-9-2-1-7-15(17)18/h1-10,17H,11-13H2,(H,23,24)/t17-/m0/s1. The number of thioether (sulfide) groups is 1. The smallest absolute Gasteiger partial charge is 0.230 e. The van der Waals surface area contributed by atoms with E-state index in [1.807, 2.05) is 60.7 Å². The third-order valence-electron chi connectivity index (χ3n) is 4.47. The van der Waals surface area contributed by atoms with Crippen LogP contribution in [0.3, 0.4) is 0 Å². The summed E-state index contributed by atoms with van der Waals surface area (Å²) in [5.41, 5.74) is 1.05. The van der Waals surface area contributed by atoms with Crippen molar-refractivity contribution >= 4 is 40.0 Å². The number of nitrogens with one attached hydrogen (secondary N) is 1. The second kappa shape index (κ2) is 7.60. The van der Waals surface area contributed by atoms with E-state index in [1.54, 1.807) is 0 Å². The van der Waals surface area contributed by atoms with Gasteiger partial charge in [-0.15, -0.1) is 11.8 Å². The van der Waals surface area contributed by atoms with Gasteiger partial charge in [-0.3, -0.25) is 4.79 Å². The summed E-state index contributed by atoms with van der Waals surface area (Å²) in [6.07, 6.45) is 0.785. The molecule has 1 atom stereocenters. The van der Waals surface area contributed by atoms with E-state index in [2.05, 4.69) is 5.32 Å². The Balaban J connectivity index is 1.46. The summed E-state index contributed by atoms with van der Waals surface area (Å²) >= 11 is 7.88. The highest BCUT2D eigenvalue weighted by Gasteiger charge is 2.22. The molecule has 3 aromatic rings. The van der Waals surface area contributed by atoms with E-state index in [-0.39, 0.29) is 11.9 Å². The number of fused-ring (bicyclic) bond motifs is 2. The van der Waals surface area contributed by atoms with Crippen molar-refractivity contribution in [3.8, 4) is 5.75 Å². The number of hydrogen-bond donors (Lipinski definition) is 1. The molecule has 3 aromatic carbocycles. The van der Waals surface area contributed by atoms with Gasteiger partial charge in [-0.1, -0.05) is 54.1 Å². The minimum Gasteiger partial charge on any atom is -0.493 e. The van der Waals surface area contributed by atoms with E-state index in [1.165, 1.54) is 11.8 Å². The number of rotatable bonds is 4. The molecule has 0 aromatic heterocycles. The Hall–Kier alpha value is -2.17. The van der Waals surface area contributed by atoms with Crippen LogP contribution < -0.4 is 10.1 Å². The maximum absolute atomic E-state index is 12.5. The first-order valence-electron chi connectivity index (χ1n) is 8.53. The molecule has 4 rings (SSSR count). The average Bonchev–Trinajstić information content (AvgIpc) is 2.67. The van der Waals surface area contributed by atoms with Crippen molar-refractivity contribution in [2.75, 3.05) is 12.4 Å². The van der Waals surface area contributed by atoms with Gasteiger partial charge < -0.3 is 10.1 Å². The number of para-hydroxylation sites is 1. The Morgan fingerprint density at radius 2 is 1.92 bits per heavy atom. The Kier molecular flexibility index (Phi) is 5.05. The summed E-state index contributed by atoms with van der Waals surface area (Å²) in [5, 5.41) is 5.94. The lowest BCUT2D eigenvalue weighted by Crippen LogP contribution is -2.33. The molecule has 0 spiro atoms. The minimum absolute atomic E-state index is 0.00385. The molecule has 0 bridgehead atoms. The van der Waals surface area contributed by atoms with Crippen molar-refractivity contribution in [1.29, 1.82) is 0 Å². The molecule has 1 aliphatic rings. The van der Waals surface area contributed by atoms with Gasteiger partial charge in [-0.25, -0.2) is 0 Å². The van der Waals surface area contributed by atoms with Crippen molar-refractivity contribution in [3.63, 3.8) is 0 Å². The molecule has 5 heteroatoms. The van der Waals surface area contributed by atoms with E-state index < -0.39 is 0 Å². The molecule has 0 radical (unpaired) electrons. The molecule has 0 saturated carbocycles. The van der Waals surface area contributed by atoms with Crippen LogP contribution in [0.15, 0.2) is 65.6 Å². The zero-order valence-electron chi connectivity index (χ0n) is 14.1. The van der Waals surface area contributed by atoms with Crippen LogP contribution in [0.5, 0.6) is 5.75 Å². The normalized spacial score (nSPS) is 16.0. The van der Waals surface area contributed by atoms with Gasteiger partial charge in [0.25, 0.3) is 0 Å². The molecule has 1 heterocycles. The van der Waals surface area contributed by atoms with Gasteiger partial charge in [0.1, 0.15) is 5.75 Å². The van der Waals surface area contributed by atoms with Crippen molar-refractivity contribution in [2.45, 2.75) is 17.4 Å². The van der Waals surface area contributed by atoms with Crippen molar-refractivity contribution < 1.29 is 9.53 Å². The molecular formula is C21H18ClNO2S. The number of hydrogen-bond acceptors (Lipinski definition) is 3. The van der Waals surface area contributed by atoms with Crippen LogP contribution in [0, 0.1) is 0 Å². The topological polar surface area (TPSA) is 38.3 Å². The predicted molar refractivity (Wildman–Crippen MR) is 107 cm³/mol. The summed E-state index contributed by atoms with van der Waals surface area (Å²) in [5.74, 6) is 1.22. The SMILES string of the molecule is O=C(CSc1cccc2cccc(Cl)c12)N[C@H]1CCOc2ccccc21. The molecule has 3 nitrogen and oxygen atoms in total. The van der Waals surface area contributed by atoms with E-state index in [0.717, 1.165) is 33.4 Å². The molecule has 0 saturated heterocycles. The van der Waals surface area contributed by atoms with Crippen LogP contribution in [0.2, 0.25) is 5.02 Å². The fourth-order valence-electron chi connectivity index (χ4n) is 3.25. The Bertz CT molecular complexity index is 954. The summed E-state index contributed by atoms with van der Waals surface area (Å²) in [7, 11) is 0. The lowest BCUT2D eigenvalue weighted by atomic mass is 10.0. The van der Waals surface area contributed by atoms with Gasteiger partial charge in [0.05, 0.1) is 18.4 Å². The lowest BCUT2D eigenvalue weighted by Gasteiger charge is -2.26. The van der Waals surface area contributed by atoms with Gasteiger partial charge in [0.15, 0.2) is 0 Å². The fraction of sp³-hybridized carbons (Fsp3) is 0.190. The van der Waals surface area contributed by atoms with Crippen molar-refractivity contribution in [2.24, 2.45) is 0 Å². The van der Waals surface area contributed by atoms with Crippen LogP contribution >= 0.6 is 23.4 Å². The summed E-state index contributed by atoms with van der Waals surface area (Å²) in [6, 6.07) is 19.8. The van der Waals surface area contributed by atoms with E-state index in [9.17, 15) is 4.79 Å². The second-order valence-electron chi connectivity index (χ2n) is 6.18. The van der Waals surface area contributed by atoms with Crippen LogP contribution in [-0.4, -0.2) is 18.3 Å². The Labute approximate surface area is 161 Å². The minimum atomic E-state index is 0.00385. The molecule has 0 aliphatic carbocycles. The zero-order valence-corrected chi connectivity index (χ0v) is 15.6. The summed E-state index contributed by atoms with van der Waals surface area (Å²) in [6.45, 7) is 0.619.